The van der Waals surface area contributed by atoms with Crippen LogP contribution in [0.1, 0.15) is 30.0 Å². The molecular formula is C23H22BrNO2. The normalized spacial score (nSPS) is 19.1. The number of rotatable bonds is 4. The first-order valence-corrected chi connectivity index (χ1v) is 10.1. The van der Waals surface area contributed by atoms with Gasteiger partial charge in [0.1, 0.15) is 0 Å². The van der Waals surface area contributed by atoms with Gasteiger partial charge in [0, 0.05) is 11.0 Å². The Kier molecular flexibility index (Phi) is 5.28. The molecular weight excluding hydrogens is 402 g/mol. The number of carboxylic acids is 1. The molecule has 4 rings (SSSR count). The lowest BCUT2D eigenvalue weighted by Gasteiger charge is -2.38. The summed E-state index contributed by atoms with van der Waals surface area (Å²) in [6.07, 6.45) is 1.66. The van der Waals surface area contributed by atoms with Crippen LogP contribution >= 0.6 is 15.9 Å². The van der Waals surface area contributed by atoms with Gasteiger partial charge in [0.05, 0.1) is 12.0 Å². The van der Waals surface area contributed by atoms with Crippen molar-refractivity contribution in [3.8, 4) is 0 Å². The number of piperidine rings is 1. The van der Waals surface area contributed by atoms with E-state index in [1.165, 1.54) is 21.9 Å². The van der Waals surface area contributed by atoms with Crippen LogP contribution in [-0.2, 0) is 4.79 Å². The maximum absolute atomic E-state index is 11.6. The minimum atomic E-state index is -0.691. The zero-order chi connectivity index (χ0) is 18.8. The maximum Gasteiger partial charge on any atom is 0.307 e. The Hall–Kier alpha value is -2.17. The fraction of sp³-hybridized carbons (Fsp3) is 0.261. The number of likely N-dealkylation sites (tertiary alicyclic amines) is 1. The van der Waals surface area contributed by atoms with Gasteiger partial charge in [0.15, 0.2) is 0 Å². The Balaban J connectivity index is 1.86. The zero-order valence-corrected chi connectivity index (χ0v) is 16.6. The fourth-order valence-corrected chi connectivity index (χ4v) is 4.69. The largest absolute Gasteiger partial charge is 0.481 e. The molecule has 1 saturated heterocycles. The average molecular weight is 424 g/mol. The Morgan fingerprint density at radius 3 is 2.52 bits per heavy atom. The summed E-state index contributed by atoms with van der Waals surface area (Å²) in [6.45, 7) is 1.48. The summed E-state index contributed by atoms with van der Waals surface area (Å²) in [5.74, 6) is -0.998. The van der Waals surface area contributed by atoms with Gasteiger partial charge in [-0.15, -0.1) is 0 Å². The summed E-state index contributed by atoms with van der Waals surface area (Å²) in [4.78, 5) is 14.0. The van der Waals surface area contributed by atoms with Crippen LogP contribution < -0.4 is 0 Å². The average Bonchev–Trinajstić information content (AvgIpc) is 2.70. The van der Waals surface area contributed by atoms with Crippen LogP contribution in [0.25, 0.3) is 10.8 Å². The summed E-state index contributed by atoms with van der Waals surface area (Å²) in [5, 5.41) is 12.0. The van der Waals surface area contributed by atoms with Gasteiger partial charge in [-0.1, -0.05) is 76.6 Å². The molecule has 0 aliphatic carbocycles. The Bertz CT molecular complexity index is 966. The Morgan fingerprint density at radius 2 is 1.70 bits per heavy atom. The number of carboxylic acid groups (broad SMARTS) is 1. The SMILES string of the molecule is O=C(O)C1CCCN(C(c2ccccc2Br)c2cccc3ccccc23)C1. The molecule has 1 N–H and O–H groups in total. The smallest absolute Gasteiger partial charge is 0.307 e. The summed E-state index contributed by atoms with van der Waals surface area (Å²) < 4.78 is 1.06. The van der Waals surface area contributed by atoms with Crippen molar-refractivity contribution in [1.82, 2.24) is 4.90 Å². The van der Waals surface area contributed by atoms with Gasteiger partial charge in [-0.05, 0) is 47.4 Å². The summed E-state index contributed by atoms with van der Waals surface area (Å²) in [5.41, 5.74) is 2.41. The number of hydrogen-bond donors (Lipinski definition) is 1. The van der Waals surface area contributed by atoms with E-state index in [0.717, 1.165) is 23.9 Å². The Labute approximate surface area is 167 Å². The number of aliphatic carboxylic acids is 1. The van der Waals surface area contributed by atoms with Crippen molar-refractivity contribution in [3.05, 3.63) is 82.3 Å². The van der Waals surface area contributed by atoms with Gasteiger partial charge in [-0.25, -0.2) is 0 Å². The maximum atomic E-state index is 11.6. The van der Waals surface area contributed by atoms with Crippen molar-refractivity contribution in [2.75, 3.05) is 13.1 Å². The number of halogens is 1. The molecule has 1 aliphatic rings. The third-order valence-electron chi connectivity index (χ3n) is 5.48. The lowest BCUT2D eigenvalue weighted by Crippen LogP contribution is -2.41. The quantitative estimate of drug-likeness (QED) is 0.602. The predicted octanol–water partition coefficient (Wildman–Crippen LogP) is 5.49. The van der Waals surface area contributed by atoms with E-state index in [-0.39, 0.29) is 12.0 Å². The second kappa shape index (κ2) is 7.83. The molecule has 27 heavy (non-hydrogen) atoms. The van der Waals surface area contributed by atoms with Gasteiger partial charge in [-0.3, -0.25) is 9.69 Å². The van der Waals surface area contributed by atoms with Gasteiger partial charge in [0.2, 0.25) is 0 Å². The van der Waals surface area contributed by atoms with Crippen LogP contribution in [0.15, 0.2) is 71.2 Å². The lowest BCUT2D eigenvalue weighted by molar-refractivity contribution is -0.143. The van der Waals surface area contributed by atoms with Crippen molar-refractivity contribution >= 4 is 32.7 Å². The number of fused-ring (bicyclic) bond motifs is 1. The van der Waals surface area contributed by atoms with Crippen molar-refractivity contribution in [2.45, 2.75) is 18.9 Å². The third kappa shape index (κ3) is 3.64. The number of hydrogen-bond acceptors (Lipinski definition) is 2. The van der Waals surface area contributed by atoms with E-state index in [2.05, 4.69) is 81.5 Å². The van der Waals surface area contributed by atoms with E-state index in [1.807, 2.05) is 6.07 Å². The number of benzene rings is 3. The highest BCUT2D eigenvalue weighted by atomic mass is 79.9. The minimum absolute atomic E-state index is 0.0221. The van der Waals surface area contributed by atoms with E-state index >= 15 is 0 Å². The molecule has 0 aromatic heterocycles. The predicted molar refractivity (Wildman–Crippen MR) is 112 cm³/mol. The number of carbonyl (C=O) groups is 1. The van der Waals surface area contributed by atoms with Crippen LogP contribution in [0.2, 0.25) is 0 Å². The zero-order valence-electron chi connectivity index (χ0n) is 15.0. The molecule has 0 radical (unpaired) electrons. The molecule has 1 heterocycles. The van der Waals surface area contributed by atoms with E-state index in [1.54, 1.807) is 0 Å². The van der Waals surface area contributed by atoms with Gasteiger partial charge in [-0.2, -0.15) is 0 Å². The van der Waals surface area contributed by atoms with Crippen molar-refractivity contribution in [1.29, 1.82) is 0 Å². The van der Waals surface area contributed by atoms with Gasteiger partial charge in [0.25, 0.3) is 0 Å². The topological polar surface area (TPSA) is 40.5 Å². The first-order chi connectivity index (χ1) is 13.1. The molecule has 1 fully saturated rings. The molecule has 3 aromatic rings. The van der Waals surface area contributed by atoms with Crippen LogP contribution in [0.3, 0.4) is 0 Å². The highest BCUT2D eigenvalue weighted by Gasteiger charge is 2.32. The van der Waals surface area contributed by atoms with Gasteiger partial charge < -0.3 is 5.11 Å². The van der Waals surface area contributed by atoms with Crippen LogP contribution in [0.5, 0.6) is 0 Å². The van der Waals surface area contributed by atoms with E-state index in [9.17, 15) is 9.90 Å². The summed E-state index contributed by atoms with van der Waals surface area (Å²) >= 11 is 3.73. The molecule has 3 aromatic carbocycles. The van der Waals surface area contributed by atoms with Crippen molar-refractivity contribution in [2.24, 2.45) is 5.92 Å². The highest BCUT2D eigenvalue weighted by Crippen LogP contribution is 2.38. The van der Waals surface area contributed by atoms with Crippen LogP contribution in [-0.4, -0.2) is 29.1 Å². The Morgan fingerprint density at radius 1 is 1.00 bits per heavy atom. The molecule has 2 atom stereocenters. The molecule has 0 amide bonds. The molecule has 2 unspecified atom stereocenters. The van der Waals surface area contributed by atoms with E-state index in [0.29, 0.717) is 6.54 Å². The first-order valence-electron chi connectivity index (χ1n) is 9.34. The van der Waals surface area contributed by atoms with E-state index < -0.39 is 5.97 Å². The molecule has 0 saturated carbocycles. The highest BCUT2D eigenvalue weighted by molar-refractivity contribution is 9.10. The lowest BCUT2D eigenvalue weighted by atomic mass is 9.89. The molecule has 138 valence electrons. The van der Waals surface area contributed by atoms with Crippen molar-refractivity contribution < 1.29 is 9.90 Å². The third-order valence-corrected chi connectivity index (χ3v) is 6.21. The minimum Gasteiger partial charge on any atom is -0.481 e. The second-order valence-electron chi connectivity index (χ2n) is 7.16. The second-order valence-corrected chi connectivity index (χ2v) is 8.02. The number of nitrogens with zero attached hydrogens (tertiary/aromatic N) is 1. The molecule has 3 nitrogen and oxygen atoms in total. The standard InChI is InChI=1S/C23H22BrNO2/c24-21-13-4-3-11-20(21)22(25-14-6-9-17(15-25)23(26)27)19-12-5-8-16-7-1-2-10-18(16)19/h1-5,7-8,10-13,17,22H,6,9,14-15H2,(H,26,27). The first kappa shape index (κ1) is 18.2. The van der Waals surface area contributed by atoms with E-state index in [4.69, 9.17) is 0 Å². The van der Waals surface area contributed by atoms with Crippen LogP contribution in [0.4, 0.5) is 0 Å². The molecule has 4 heteroatoms. The van der Waals surface area contributed by atoms with Crippen LogP contribution in [0, 0.1) is 5.92 Å². The summed E-state index contributed by atoms with van der Waals surface area (Å²) in [6, 6.07) is 23.1. The summed E-state index contributed by atoms with van der Waals surface area (Å²) in [7, 11) is 0. The molecule has 0 bridgehead atoms. The fourth-order valence-electron chi connectivity index (χ4n) is 4.19. The monoisotopic (exact) mass is 423 g/mol. The molecule has 0 spiro atoms. The van der Waals surface area contributed by atoms with Gasteiger partial charge >= 0.3 is 5.97 Å². The molecule has 1 aliphatic heterocycles. The van der Waals surface area contributed by atoms with Crippen molar-refractivity contribution in [3.63, 3.8) is 0 Å².